The summed E-state index contributed by atoms with van der Waals surface area (Å²) in [4.78, 5) is -0.741. The van der Waals surface area contributed by atoms with E-state index in [2.05, 4.69) is 0 Å². The summed E-state index contributed by atoms with van der Waals surface area (Å²) < 4.78 is 0. The van der Waals surface area contributed by atoms with E-state index in [1.54, 1.807) is 6.08 Å². The molecule has 2 atom stereocenters. The highest BCUT2D eigenvalue weighted by Crippen LogP contribution is 2.43. The summed E-state index contributed by atoms with van der Waals surface area (Å²) in [5.41, 5.74) is 0.953. The minimum atomic E-state index is -0.741. The molecule has 0 N–H and O–H groups in total. The Morgan fingerprint density at radius 1 is 1.13 bits per heavy atom. The van der Waals surface area contributed by atoms with Crippen LogP contribution in [0.3, 0.4) is 0 Å². The van der Waals surface area contributed by atoms with Crippen LogP contribution in [-0.2, 0) is 4.87 Å². The average Bonchev–Trinajstić information content (AvgIpc) is 2.27. The van der Waals surface area contributed by atoms with Crippen LogP contribution in [0.2, 0.25) is 0 Å². The smallest absolute Gasteiger partial charge is 0.109 e. The van der Waals surface area contributed by atoms with Crippen molar-refractivity contribution >= 4 is 34.8 Å². The fourth-order valence-corrected chi connectivity index (χ4v) is 2.47. The molecule has 0 bridgehead atoms. The lowest BCUT2D eigenvalue weighted by atomic mass is 9.91. The molecule has 1 aromatic carbocycles. The first-order valence-electron chi connectivity index (χ1n) is 4.58. The molecular weight excluding hydrogens is 250 g/mol. The van der Waals surface area contributed by atoms with Crippen molar-refractivity contribution < 1.29 is 0 Å². The molecular formula is C12H9Cl3. The molecule has 0 amide bonds. The highest BCUT2D eigenvalue weighted by molar-refractivity contribution is 6.42. The van der Waals surface area contributed by atoms with Crippen molar-refractivity contribution in [2.45, 2.75) is 10.3 Å². The van der Waals surface area contributed by atoms with Gasteiger partial charge in [-0.2, -0.15) is 0 Å². The molecule has 15 heavy (non-hydrogen) atoms. The molecule has 0 heterocycles. The Hall–Kier alpha value is -0.430. The summed E-state index contributed by atoms with van der Waals surface area (Å²) in [6.07, 6.45) is 5.47. The van der Waals surface area contributed by atoms with Crippen LogP contribution in [0.5, 0.6) is 0 Å². The van der Waals surface area contributed by atoms with Crippen LogP contribution in [0.1, 0.15) is 5.56 Å². The fourth-order valence-electron chi connectivity index (χ4n) is 1.59. The van der Waals surface area contributed by atoms with Gasteiger partial charge in [0.05, 0.1) is 5.38 Å². The Morgan fingerprint density at radius 2 is 1.80 bits per heavy atom. The highest BCUT2D eigenvalue weighted by atomic mass is 35.5. The van der Waals surface area contributed by atoms with Gasteiger partial charge in [-0.15, -0.1) is 23.2 Å². The molecule has 78 valence electrons. The van der Waals surface area contributed by atoms with E-state index in [-0.39, 0.29) is 0 Å². The third-order valence-corrected chi connectivity index (χ3v) is 4.13. The Balaban J connectivity index is 2.44. The molecule has 0 aliphatic heterocycles. The van der Waals surface area contributed by atoms with Gasteiger partial charge in [0.2, 0.25) is 0 Å². The van der Waals surface area contributed by atoms with Gasteiger partial charge in [-0.05, 0) is 11.6 Å². The minimum Gasteiger partial charge on any atom is -0.114 e. The van der Waals surface area contributed by atoms with Gasteiger partial charge in [0.15, 0.2) is 0 Å². The Bertz CT molecular complexity index is 408. The molecule has 1 aromatic rings. The molecule has 0 aromatic heterocycles. The van der Waals surface area contributed by atoms with Crippen LogP contribution >= 0.6 is 34.8 Å². The van der Waals surface area contributed by atoms with Crippen molar-refractivity contribution in [3.63, 3.8) is 0 Å². The van der Waals surface area contributed by atoms with Crippen LogP contribution in [0.15, 0.2) is 53.6 Å². The highest BCUT2D eigenvalue weighted by Gasteiger charge is 2.38. The molecule has 3 heteroatoms. The first-order valence-corrected chi connectivity index (χ1v) is 5.77. The fraction of sp³-hybridized carbons (Fsp3) is 0.167. The Morgan fingerprint density at radius 3 is 2.47 bits per heavy atom. The second kappa shape index (κ2) is 4.21. The van der Waals surface area contributed by atoms with E-state index in [4.69, 9.17) is 34.8 Å². The molecule has 0 radical (unpaired) electrons. The quantitative estimate of drug-likeness (QED) is 0.655. The van der Waals surface area contributed by atoms with Crippen LogP contribution in [0, 0.1) is 0 Å². The van der Waals surface area contributed by atoms with E-state index in [0.717, 1.165) is 5.56 Å². The van der Waals surface area contributed by atoms with E-state index >= 15 is 0 Å². The summed E-state index contributed by atoms with van der Waals surface area (Å²) in [6, 6.07) is 9.70. The topological polar surface area (TPSA) is 0 Å². The van der Waals surface area contributed by atoms with Gasteiger partial charge in [0.1, 0.15) is 4.87 Å². The van der Waals surface area contributed by atoms with Gasteiger partial charge < -0.3 is 0 Å². The third kappa shape index (κ3) is 1.94. The number of benzene rings is 1. The molecule has 0 saturated heterocycles. The Labute approximate surface area is 104 Å². The molecule has 0 saturated carbocycles. The zero-order valence-corrected chi connectivity index (χ0v) is 10.1. The summed E-state index contributed by atoms with van der Waals surface area (Å²) in [6.45, 7) is 0. The summed E-state index contributed by atoms with van der Waals surface area (Å²) in [5.74, 6) is 0. The number of allylic oxidation sites excluding steroid dienone is 4. The lowest BCUT2D eigenvalue weighted by Crippen LogP contribution is -2.30. The molecule has 2 rings (SSSR count). The molecule has 1 aliphatic carbocycles. The molecule has 2 unspecified atom stereocenters. The van der Waals surface area contributed by atoms with Gasteiger partial charge in [-0.25, -0.2) is 0 Å². The maximum absolute atomic E-state index is 6.50. The van der Waals surface area contributed by atoms with E-state index in [9.17, 15) is 0 Å². The minimum absolute atomic E-state index is 0.423. The predicted molar refractivity (Wildman–Crippen MR) is 66.7 cm³/mol. The predicted octanol–water partition coefficient (Wildman–Crippen LogP) is 4.42. The van der Waals surface area contributed by atoms with Crippen molar-refractivity contribution in [1.29, 1.82) is 0 Å². The number of alkyl halides is 2. The summed E-state index contributed by atoms with van der Waals surface area (Å²) >= 11 is 18.7. The van der Waals surface area contributed by atoms with Gasteiger partial charge in [-0.1, -0.05) is 54.1 Å². The van der Waals surface area contributed by atoms with E-state index in [1.807, 2.05) is 42.5 Å². The summed E-state index contributed by atoms with van der Waals surface area (Å²) in [5, 5.41) is 0.145. The first-order chi connectivity index (χ1) is 7.14. The summed E-state index contributed by atoms with van der Waals surface area (Å²) in [7, 11) is 0. The number of hydrogen-bond donors (Lipinski definition) is 0. The van der Waals surface area contributed by atoms with Crippen molar-refractivity contribution in [2.24, 2.45) is 0 Å². The second-order valence-electron chi connectivity index (χ2n) is 3.41. The third-order valence-electron chi connectivity index (χ3n) is 2.42. The zero-order chi connectivity index (χ0) is 10.9. The van der Waals surface area contributed by atoms with Crippen LogP contribution in [0.25, 0.3) is 0 Å². The lowest BCUT2D eigenvalue weighted by Gasteiger charge is -2.31. The van der Waals surface area contributed by atoms with Crippen molar-refractivity contribution in [2.75, 3.05) is 0 Å². The van der Waals surface area contributed by atoms with Gasteiger partial charge in [0.25, 0.3) is 0 Å². The number of halogens is 3. The number of rotatable bonds is 1. The van der Waals surface area contributed by atoms with Crippen molar-refractivity contribution in [3.8, 4) is 0 Å². The monoisotopic (exact) mass is 258 g/mol. The normalized spacial score (nSPS) is 30.1. The molecule has 0 spiro atoms. The van der Waals surface area contributed by atoms with E-state index < -0.39 is 10.3 Å². The van der Waals surface area contributed by atoms with Crippen molar-refractivity contribution in [3.05, 3.63) is 59.2 Å². The van der Waals surface area contributed by atoms with Gasteiger partial charge in [-0.3, -0.25) is 0 Å². The van der Waals surface area contributed by atoms with Crippen LogP contribution in [0.4, 0.5) is 0 Å². The first kappa shape index (κ1) is 11.1. The van der Waals surface area contributed by atoms with E-state index in [1.165, 1.54) is 0 Å². The molecule has 0 nitrogen and oxygen atoms in total. The molecule has 1 aliphatic rings. The van der Waals surface area contributed by atoms with Gasteiger partial charge >= 0.3 is 0 Å². The Kier molecular flexibility index (Phi) is 3.11. The van der Waals surface area contributed by atoms with E-state index in [0.29, 0.717) is 5.03 Å². The maximum atomic E-state index is 6.50. The molecule has 0 fully saturated rings. The number of hydrogen-bond acceptors (Lipinski definition) is 0. The maximum Gasteiger partial charge on any atom is 0.109 e. The standard InChI is InChI=1S/C12H9Cl3/c13-10-7-4-8-12(15,11(10)14)9-5-2-1-3-6-9/h1-8,11H. The average molecular weight is 260 g/mol. The van der Waals surface area contributed by atoms with Gasteiger partial charge in [0, 0.05) is 5.03 Å². The second-order valence-corrected chi connectivity index (χ2v) is 4.91. The van der Waals surface area contributed by atoms with Crippen molar-refractivity contribution in [1.82, 2.24) is 0 Å². The SMILES string of the molecule is ClC1=CC=CC(Cl)(c2ccccc2)C1Cl. The lowest BCUT2D eigenvalue weighted by molar-refractivity contribution is 0.762. The van der Waals surface area contributed by atoms with Crippen LogP contribution < -0.4 is 0 Å². The zero-order valence-electron chi connectivity index (χ0n) is 7.83. The van der Waals surface area contributed by atoms with Crippen LogP contribution in [-0.4, -0.2) is 5.38 Å². The largest absolute Gasteiger partial charge is 0.114 e.